The molecule has 0 spiro atoms. The minimum absolute atomic E-state index is 0.196. The van der Waals surface area contributed by atoms with Crippen molar-refractivity contribution in [1.29, 1.82) is 0 Å². The maximum atomic E-state index is 12.1. The van der Waals surface area contributed by atoms with Gasteiger partial charge in [0.15, 0.2) is 28.3 Å². The standard InChI is InChI=1S/C21H27N8O2/c1-3-28-16-6-5-14(31-10-8-22)11-17(16)29(4-2)18(28)12-27(13-30)21-19(23)26-20-15(25-21)7-9-24-20/h5-7,9,11,13H,3-4,8,10,12,22H2,1-2H3,(H3,23,24,26)/q+1. The number of anilines is 2. The van der Waals surface area contributed by atoms with Crippen LogP contribution >= 0.6 is 0 Å². The smallest absolute Gasteiger partial charge is 0.277 e. The van der Waals surface area contributed by atoms with E-state index in [-0.39, 0.29) is 5.82 Å². The number of amides is 1. The molecule has 162 valence electrons. The number of carbonyl (C=O) groups excluding carboxylic acids is 1. The van der Waals surface area contributed by atoms with Gasteiger partial charge in [0.05, 0.1) is 13.1 Å². The van der Waals surface area contributed by atoms with Crippen LogP contribution in [0.15, 0.2) is 30.5 Å². The Balaban J connectivity index is 1.79. The summed E-state index contributed by atoms with van der Waals surface area (Å²) in [6.45, 7) is 6.82. The third-order valence-electron chi connectivity index (χ3n) is 5.27. The summed E-state index contributed by atoms with van der Waals surface area (Å²) in [5.41, 5.74) is 15.0. The number of nitrogens with one attached hydrogen (secondary N) is 1. The van der Waals surface area contributed by atoms with Gasteiger partial charge < -0.3 is 21.2 Å². The molecular weight excluding hydrogens is 396 g/mol. The summed E-state index contributed by atoms with van der Waals surface area (Å²) in [6, 6.07) is 7.78. The molecule has 0 bridgehead atoms. The van der Waals surface area contributed by atoms with E-state index >= 15 is 0 Å². The number of nitrogen functional groups attached to an aromatic ring is 1. The highest BCUT2D eigenvalue weighted by Crippen LogP contribution is 2.25. The molecule has 0 aliphatic rings. The van der Waals surface area contributed by atoms with E-state index in [2.05, 4.69) is 37.9 Å². The Morgan fingerprint density at radius 1 is 1.29 bits per heavy atom. The van der Waals surface area contributed by atoms with Gasteiger partial charge in [-0.2, -0.15) is 0 Å². The molecule has 0 fully saturated rings. The van der Waals surface area contributed by atoms with E-state index < -0.39 is 0 Å². The van der Waals surface area contributed by atoms with Gasteiger partial charge in [-0.1, -0.05) is 0 Å². The molecule has 4 aromatic rings. The fraction of sp³-hybridized carbons (Fsp3) is 0.333. The molecule has 0 saturated heterocycles. The molecular formula is C21H27N8O2+. The highest BCUT2D eigenvalue weighted by Gasteiger charge is 2.27. The monoisotopic (exact) mass is 423 g/mol. The number of nitrogens with zero attached hydrogens (tertiary/aromatic N) is 5. The predicted molar refractivity (Wildman–Crippen MR) is 119 cm³/mol. The number of nitrogens with two attached hydrogens (primary N) is 2. The Labute approximate surface area is 179 Å². The van der Waals surface area contributed by atoms with Crippen LogP contribution in [0, 0.1) is 0 Å². The molecule has 31 heavy (non-hydrogen) atoms. The van der Waals surface area contributed by atoms with Crippen LogP contribution in [0.5, 0.6) is 5.75 Å². The van der Waals surface area contributed by atoms with Crippen molar-refractivity contribution in [3.63, 3.8) is 0 Å². The number of aromatic amines is 1. The summed E-state index contributed by atoms with van der Waals surface area (Å²) in [7, 11) is 0. The first kappa shape index (κ1) is 20.6. The van der Waals surface area contributed by atoms with Gasteiger partial charge in [0.25, 0.3) is 5.82 Å². The molecule has 0 unspecified atom stereocenters. The number of H-pyrrole nitrogens is 1. The number of aryl methyl sites for hydroxylation is 2. The second-order valence-electron chi connectivity index (χ2n) is 7.07. The van der Waals surface area contributed by atoms with Gasteiger partial charge in [-0.25, -0.2) is 19.1 Å². The summed E-state index contributed by atoms with van der Waals surface area (Å²) in [4.78, 5) is 25.4. The quantitative estimate of drug-likeness (QED) is 0.275. The lowest BCUT2D eigenvalue weighted by molar-refractivity contribution is -0.676. The van der Waals surface area contributed by atoms with Gasteiger partial charge in [0.2, 0.25) is 6.41 Å². The molecule has 1 amide bonds. The van der Waals surface area contributed by atoms with Crippen molar-refractivity contribution in [1.82, 2.24) is 19.5 Å². The van der Waals surface area contributed by atoms with Crippen molar-refractivity contribution in [2.24, 2.45) is 5.73 Å². The lowest BCUT2D eigenvalue weighted by Crippen LogP contribution is -2.40. The van der Waals surface area contributed by atoms with Crippen LogP contribution in [0.1, 0.15) is 19.7 Å². The first-order valence-corrected chi connectivity index (χ1v) is 10.3. The normalized spacial score (nSPS) is 11.3. The number of hydrogen-bond acceptors (Lipinski definition) is 6. The molecule has 0 atom stereocenters. The van der Waals surface area contributed by atoms with Gasteiger partial charge in [-0.05, 0) is 32.0 Å². The number of benzene rings is 1. The van der Waals surface area contributed by atoms with Crippen LogP contribution in [0.2, 0.25) is 0 Å². The number of ether oxygens (including phenoxy) is 1. The number of fused-ring (bicyclic) bond motifs is 2. The molecule has 3 heterocycles. The third kappa shape index (κ3) is 3.66. The van der Waals surface area contributed by atoms with Gasteiger partial charge in [-0.15, -0.1) is 0 Å². The largest absolute Gasteiger partial charge is 0.492 e. The summed E-state index contributed by atoms with van der Waals surface area (Å²) in [5.74, 6) is 2.25. The molecule has 10 nitrogen and oxygen atoms in total. The maximum absolute atomic E-state index is 12.1. The summed E-state index contributed by atoms with van der Waals surface area (Å²) < 4.78 is 10.1. The van der Waals surface area contributed by atoms with Gasteiger partial charge in [0, 0.05) is 18.8 Å². The van der Waals surface area contributed by atoms with E-state index in [1.807, 2.05) is 18.2 Å². The SMILES string of the molecule is CCn1c(CN(C=O)c2nc3cc[nH]c3nc2N)[n+](CC)c2ccc(OCCN)cc21. The van der Waals surface area contributed by atoms with Crippen LogP contribution in [-0.2, 0) is 24.4 Å². The van der Waals surface area contributed by atoms with Crippen molar-refractivity contribution >= 4 is 40.2 Å². The van der Waals surface area contributed by atoms with Gasteiger partial charge in [0.1, 0.15) is 24.4 Å². The minimum Gasteiger partial charge on any atom is -0.492 e. The molecule has 0 aliphatic heterocycles. The van der Waals surface area contributed by atoms with E-state index in [1.54, 1.807) is 12.3 Å². The van der Waals surface area contributed by atoms with Crippen LogP contribution < -0.4 is 25.7 Å². The van der Waals surface area contributed by atoms with Crippen molar-refractivity contribution < 1.29 is 14.1 Å². The first-order chi connectivity index (χ1) is 15.1. The fourth-order valence-electron chi connectivity index (χ4n) is 3.91. The van der Waals surface area contributed by atoms with Gasteiger partial charge >= 0.3 is 0 Å². The lowest BCUT2D eigenvalue weighted by atomic mass is 10.3. The number of aromatic nitrogens is 5. The Morgan fingerprint density at radius 3 is 2.84 bits per heavy atom. The highest BCUT2D eigenvalue weighted by atomic mass is 16.5. The Hall–Kier alpha value is -3.66. The average molecular weight is 424 g/mol. The molecule has 4 rings (SSSR count). The van der Waals surface area contributed by atoms with Crippen molar-refractivity contribution in [2.75, 3.05) is 23.8 Å². The Bertz CT molecular complexity index is 1230. The number of rotatable bonds is 9. The second-order valence-corrected chi connectivity index (χ2v) is 7.07. The van der Waals surface area contributed by atoms with E-state index in [1.165, 1.54) is 4.90 Å². The summed E-state index contributed by atoms with van der Waals surface area (Å²) >= 11 is 0. The topological polar surface area (TPSA) is 132 Å². The molecule has 0 saturated carbocycles. The molecule has 0 aliphatic carbocycles. The van der Waals surface area contributed by atoms with E-state index in [9.17, 15) is 4.79 Å². The van der Waals surface area contributed by atoms with Crippen LogP contribution in [0.4, 0.5) is 11.6 Å². The molecule has 0 radical (unpaired) electrons. The van der Waals surface area contributed by atoms with Crippen molar-refractivity contribution in [2.45, 2.75) is 33.5 Å². The zero-order valence-electron chi connectivity index (χ0n) is 17.7. The van der Waals surface area contributed by atoms with Gasteiger partial charge in [-0.3, -0.25) is 9.69 Å². The number of imidazole rings is 1. The molecule has 5 N–H and O–H groups in total. The fourth-order valence-corrected chi connectivity index (χ4v) is 3.91. The maximum Gasteiger partial charge on any atom is 0.277 e. The number of hydrogen-bond donors (Lipinski definition) is 3. The average Bonchev–Trinajstić information content (AvgIpc) is 3.35. The zero-order valence-corrected chi connectivity index (χ0v) is 17.7. The van der Waals surface area contributed by atoms with E-state index in [4.69, 9.17) is 16.2 Å². The zero-order chi connectivity index (χ0) is 22.0. The molecule has 10 heteroatoms. The lowest BCUT2D eigenvalue weighted by Gasteiger charge is -2.16. The summed E-state index contributed by atoms with van der Waals surface area (Å²) in [5, 5.41) is 0. The van der Waals surface area contributed by atoms with Crippen LogP contribution in [0.25, 0.3) is 22.2 Å². The Kier molecular flexibility index (Phi) is 5.72. The van der Waals surface area contributed by atoms with Crippen molar-refractivity contribution in [3.05, 3.63) is 36.3 Å². The highest BCUT2D eigenvalue weighted by molar-refractivity contribution is 5.84. The van der Waals surface area contributed by atoms with Crippen LogP contribution in [0.3, 0.4) is 0 Å². The molecule has 3 aromatic heterocycles. The summed E-state index contributed by atoms with van der Waals surface area (Å²) in [6.07, 6.45) is 2.48. The van der Waals surface area contributed by atoms with Crippen LogP contribution in [-0.4, -0.2) is 39.1 Å². The minimum atomic E-state index is 0.196. The number of carbonyl (C=O) groups is 1. The molecule has 1 aromatic carbocycles. The predicted octanol–water partition coefficient (Wildman–Crippen LogP) is 1.32. The van der Waals surface area contributed by atoms with Crippen molar-refractivity contribution in [3.8, 4) is 5.75 Å². The second kappa shape index (κ2) is 8.60. The third-order valence-corrected chi connectivity index (χ3v) is 5.27. The Morgan fingerprint density at radius 2 is 2.13 bits per heavy atom. The van der Waals surface area contributed by atoms with E-state index in [0.29, 0.717) is 36.7 Å². The van der Waals surface area contributed by atoms with E-state index in [0.717, 1.165) is 42.1 Å². The first-order valence-electron chi connectivity index (χ1n) is 10.3.